The molecule has 1 aromatic carbocycles. The van der Waals surface area contributed by atoms with Gasteiger partial charge in [-0.3, -0.25) is 30.0 Å². The van der Waals surface area contributed by atoms with Gasteiger partial charge >= 0.3 is 0 Å². The van der Waals surface area contributed by atoms with Crippen LogP contribution in [0, 0.1) is 23.7 Å². The summed E-state index contributed by atoms with van der Waals surface area (Å²) in [5.41, 5.74) is 17.1. The average molecular weight is 540 g/mol. The number of hydrogen-bond acceptors (Lipinski definition) is 6. The van der Waals surface area contributed by atoms with Crippen LogP contribution in [0.2, 0.25) is 0 Å². The highest BCUT2D eigenvalue weighted by molar-refractivity contribution is 5.89. The Balaban J connectivity index is 0.0000130. The number of nitrogens with two attached hydrogens (primary N) is 2. The molecule has 3 atom stereocenters. The van der Waals surface area contributed by atoms with Crippen LogP contribution in [-0.4, -0.2) is 47.1 Å². The number of halogens is 1. The number of benzene rings is 1. The number of amides is 3. The third-order valence-corrected chi connectivity index (χ3v) is 5.84. The van der Waals surface area contributed by atoms with E-state index in [9.17, 15) is 19.6 Å². The van der Waals surface area contributed by atoms with Crippen molar-refractivity contribution in [2.24, 2.45) is 35.1 Å². The molecule has 7 N–H and O–H groups in total. The summed E-state index contributed by atoms with van der Waals surface area (Å²) in [5, 5.41) is 10.7. The Kier molecular flexibility index (Phi) is 17.5. The number of hydroxylamine groups is 1. The van der Waals surface area contributed by atoms with Crippen molar-refractivity contribution in [2.45, 2.75) is 65.8 Å². The number of unbranched alkanes of at least 4 members (excludes halogenated alkanes) is 1. The molecule has 9 nitrogen and oxygen atoms in total. The van der Waals surface area contributed by atoms with E-state index in [2.05, 4.69) is 5.43 Å². The van der Waals surface area contributed by atoms with E-state index < -0.39 is 29.7 Å². The normalized spacial score (nSPS) is 13.6. The number of carbonyl (C=O) groups excluding carboxylic acids is 3. The molecule has 0 bridgehead atoms. The van der Waals surface area contributed by atoms with Gasteiger partial charge in [0.1, 0.15) is 0 Å². The molecule has 210 valence electrons. The largest absolute Gasteiger partial charge is 0.330 e. The highest BCUT2D eigenvalue weighted by Crippen LogP contribution is 2.26. The number of hydrazine groups is 1. The molecule has 3 amide bonds. The van der Waals surface area contributed by atoms with E-state index >= 15 is 0 Å². The minimum absolute atomic E-state index is 0. The summed E-state index contributed by atoms with van der Waals surface area (Å²) >= 11 is 0. The van der Waals surface area contributed by atoms with Crippen LogP contribution in [0.4, 0.5) is 0 Å². The van der Waals surface area contributed by atoms with Crippen molar-refractivity contribution in [3.05, 3.63) is 42.0 Å². The highest BCUT2D eigenvalue weighted by Gasteiger charge is 2.35. The minimum atomic E-state index is -0.827. The molecule has 0 fully saturated rings. The van der Waals surface area contributed by atoms with E-state index in [1.807, 2.05) is 70.2 Å². The lowest BCUT2D eigenvalue weighted by Gasteiger charge is -2.31. The molecular formula is C27H46ClN5O4. The van der Waals surface area contributed by atoms with Crippen LogP contribution in [0.15, 0.2) is 36.4 Å². The van der Waals surface area contributed by atoms with E-state index in [4.69, 9.17) is 11.5 Å². The molecule has 0 aliphatic rings. The van der Waals surface area contributed by atoms with Crippen molar-refractivity contribution in [1.82, 2.24) is 15.9 Å². The Morgan fingerprint density at radius 1 is 1.00 bits per heavy atom. The predicted octanol–water partition coefficient (Wildman–Crippen LogP) is 3.27. The first kappa shape index (κ1) is 34.5. The number of carbonyl (C=O) groups is 3. The van der Waals surface area contributed by atoms with Crippen LogP contribution in [0.3, 0.4) is 0 Å². The van der Waals surface area contributed by atoms with Gasteiger partial charge in [0.25, 0.3) is 5.91 Å². The van der Waals surface area contributed by atoms with Crippen LogP contribution >= 0.6 is 12.4 Å². The second-order valence-electron chi connectivity index (χ2n) is 10.1. The highest BCUT2D eigenvalue weighted by atomic mass is 35.5. The second-order valence-corrected chi connectivity index (χ2v) is 10.1. The summed E-state index contributed by atoms with van der Waals surface area (Å²) in [6.45, 7) is 8.60. The summed E-state index contributed by atoms with van der Waals surface area (Å²) in [6.07, 6.45) is 6.28. The van der Waals surface area contributed by atoms with Crippen molar-refractivity contribution in [1.29, 1.82) is 0 Å². The van der Waals surface area contributed by atoms with Crippen molar-refractivity contribution in [3.8, 4) is 0 Å². The molecular weight excluding hydrogens is 494 g/mol. The summed E-state index contributed by atoms with van der Waals surface area (Å²) in [4.78, 5) is 39.2. The maximum atomic E-state index is 13.5. The minimum Gasteiger partial charge on any atom is -0.330 e. The zero-order valence-electron chi connectivity index (χ0n) is 22.6. The standard InChI is InChI=1S/C27H45N5O4.ClH/c1-19(2)17-23(22(26(34)31-36)14-10-13-21-11-6-5-7-12-21)25(33)30-32(18-20(3)4)27(35)24(29)15-8-9-16-28;/h5-7,10-13,19-20,22-24,36H,8-9,14-18,28-29H2,1-4H3,(H,30,33)(H,31,34);1H/t22-,23+,24-;/m0./s1. The van der Waals surface area contributed by atoms with Crippen LogP contribution in [0.1, 0.15) is 65.4 Å². The van der Waals surface area contributed by atoms with Gasteiger partial charge < -0.3 is 11.5 Å². The zero-order valence-corrected chi connectivity index (χ0v) is 23.4. The van der Waals surface area contributed by atoms with Gasteiger partial charge in [0.2, 0.25) is 11.8 Å². The summed E-state index contributed by atoms with van der Waals surface area (Å²) < 4.78 is 0. The fourth-order valence-corrected chi connectivity index (χ4v) is 4.02. The predicted molar refractivity (Wildman–Crippen MR) is 149 cm³/mol. The maximum Gasteiger partial charge on any atom is 0.257 e. The van der Waals surface area contributed by atoms with Crippen molar-refractivity contribution >= 4 is 36.2 Å². The number of nitrogens with one attached hydrogen (secondary N) is 2. The SMILES string of the molecule is CC(C)C[C@@H](C(=O)NN(CC(C)C)C(=O)[C@@H](N)CCCCN)[C@H](CC=Cc1ccccc1)C(=O)NO.Cl. The molecule has 37 heavy (non-hydrogen) atoms. The first-order valence-electron chi connectivity index (χ1n) is 12.8. The Morgan fingerprint density at radius 2 is 1.65 bits per heavy atom. The van der Waals surface area contributed by atoms with Gasteiger partial charge in [-0.25, -0.2) is 5.48 Å². The molecule has 10 heteroatoms. The Morgan fingerprint density at radius 3 is 2.19 bits per heavy atom. The molecule has 0 heterocycles. The van der Waals surface area contributed by atoms with Gasteiger partial charge in [0, 0.05) is 6.54 Å². The Labute approximate surface area is 227 Å². The number of rotatable bonds is 15. The first-order chi connectivity index (χ1) is 17.1. The lowest BCUT2D eigenvalue weighted by atomic mass is 9.82. The Hall–Kier alpha value is -2.46. The van der Waals surface area contributed by atoms with Crippen LogP contribution in [-0.2, 0) is 14.4 Å². The fraction of sp³-hybridized carbons (Fsp3) is 0.593. The monoisotopic (exact) mass is 539 g/mol. The lowest BCUT2D eigenvalue weighted by molar-refractivity contribution is -0.148. The van der Waals surface area contributed by atoms with E-state index in [0.717, 1.165) is 18.4 Å². The average Bonchev–Trinajstić information content (AvgIpc) is 2.84. The molecule has 1 aromatic rings. The summed E-state index contributed by atoms with van der Waals surface area (Å²) in [5.74, 6) is -2.88. The second kappa shape index (κ2) is 18.7. The number of hydrogen-bond donors (Lipinski definition) is 5. The van der Waals surface area contributed by atoms with Crippen LogP contribution in [0.5, 0.6) is 0 Å². The third kappa shape index (κ3) is 13.1. The molecule has 0 radical (unpaired) electrons. The van der Waals surface area contributed by atoms with Crippen LogP contribution in [0.25, 0.3) is 6.08 Å². The smallest absolute Gasteiger partial charge is 0.257 e. The van der Waals surface area contributed by atoms with Crippen molar-refractivity contribution in [3.63, 3.8) is 0 Å². The summed E-state index contributed by atoms with van der Waals surface area (Å²) in [7, 11) is 0. The first-order valence-corrected chi connectivity index (χ1v) is 12.8. The van der Waals surface area contributed by atoms with Gasteiger partial charge in [-0.2, -0.15) is 0 Å². The van der Waals surface area contributed by atoms with Crippen molar-refractivity contribution in [2.75, 3.05) is 13.1 Å². The molecule has 0 aromatic heterocycles. The molecule has 0 saturated carbocycles. The fourth-order valence-electron chi connectivity index (χ4n) is 4.02. The molecule has 0 spiro atoms. The van der Waals surface area contributed by atoms with E-state index in [1.54, 1.807) is 5.48 Å². The number of allylic oxidation sites excluding steroid dienone is 1. The third-order valence-electron chi connectivity index (χ3n) is 5.84. The zero-order chi connectivity index (χ0) is 27.1. The Bertz CT molecular complexity index is 835. The quantitative estimate of drug-likeness (QED) is 0.131. The molecule has 0 aliphatic heterocycles. The lowest BCUT2D eigenvalue weighted by Crippen LogP contribution is -2.56. The van der Waals surface area contributed by atoms with Gasteiger partial charge in [0.05, 0.1) is 17.9 Å². The number of nitrogens with zero attached hydrogens (tertiary/aromatic N) is 1. The van der Waals surface area contributed by atoms with Gasteiger partial charge in [-0.1, -0.05) is 76.6 Å². The molecule has 0 aliphatic carbocycles. The molecule has 1 rings (SSSR count). The van der Waals surface area contributed by atoms with Crippen LogP contribution < -0.4 is 22.4 Å². The van der Waals surface area contributed by atoms with E-state index in [1.165, 1.54) is 5.01 Å². The summed E-state index contributed by atoms with van der Waals surface area (Å²) in [6, 6.07) is 8.84. The topological polar surface area (TPSA) is 151 Å². The van der Waals surface area contributed by atoms with E-state index in [0.29, 0.717) is 19.4 Å². The molecule has 0 saturated heterocycles. The maximum absolute atomic E-state index is 13.5. The van der Waals surface area contributed by atoms with Gasteiger partial charge in [-0.15, -0.1) is 12.4 Å². The van der Waals surface area contributed by atoms with Gasteiger partial charge in [0.15, 0.2) is 0 Å². The van der Waals surface area contributed by atoms with Gasteiger partial charge in [-0.05, 0) is 49.6 Å². The van der Waals surface area contributed by atoms with E-state index in [-0.39, 0.29) is 43.1 Å². The molecule has 0 unspecified atom stereocenters. The van der Waals surface area contributed by atoms with Crippen molar-refractivity contribution < 1.29 is 19.6 Å².